The minimum Gasteiger partial charge on any atom is -0.294 e. The highest BCUT2D eigenvalue weighted by Crippen LogP contribution is 2.35. The third-order valence-corrected chi connectivity index (χ3v) is 6.61. The second kappa shape index (κ2) is 9.50. The van der Waals surface area contributed by atoms with E-state index in [2.05, 4.69) is 5.10 Å². The number of rotatable bonds is 6. The van der Waals surface area contributed by atoms with Crippen molar-refractivity contribution in [3.8, 4) is 5.69 Å². The molecule has 0 fully saturated rings. The molecule has 0 spiro atoms. The van der Waals surface area contributed by atoms with Crippen molar-refractivity contribution < 1.29 is 14.2 Å². The van der Waals surface area contributed by atoms with Gasteiger partial charge in [-0.1, -0.05) is 51.1 Å². The molecular weight excluding hydrogens is 464 g/mol. The van der Waals surface area contributed by atoms with E-state index in [9.17, 15) is 14.4 Å². The molecule has 0 bridgehead atoms. The third kappa shape index (κ3) is 4.12. The van der Waals surface area contributed by atoms with Crippen LogP contribution in [-0.2, 0) is 16.0 Å². The fourth-order valence-electron chi connectivity index (χ4n) is 4.73. The minimum absolute atomic E-state index is 0.101. The van der Waals surface area contributed by atoms with Crippen LogP contribution in [0.15, 0.2) is 83.9 Å². The van der Waals surface area contributed by atoms with Crippen LogP contribution >= 0.6 is 0 Å². The highest BCUT2D eigenvalue weighted by molar-refractivity contribution is 6.53. The Labute approximate surface area is 215 Å². The summed E-state index contributed by atoms with van der Waals surface area (Å²) in [5, 5.41) is 3.22. The first-order valence-corrected chi connectivity index (χ1v) is 12.4. The number of nitrogens with one attached hydrogen (secondary N) is 1. The number of hydrogen-bond donors (Lipinski definition) is 1. The van der Waals surface area contributed by atoms with Crippen molar-refractivity contribution in [2.75, 3.05) is 4.90 Å². The van der Waals surface area contributed by atoms with Crippen molar-refractivity contribution in [1.29, 1.82) is 0 Å². The maximum Gasteiger partial charge on any atom is 0.331 e. The minimum atomic E-state index is -0.516. The number of H-pyrrole nitrogens is 1. The van der Waals surface area contributed by atoms with Gasteiger partial charge in [0.25, 0.3) is 17.2 Å². The summed E-state index contributed by atoms with van der Waals surface area (Å²) < 4.78 is 3.11. The highest BCUT2D eigenvalue weighted by Gasteiger charge is 2.48. The molecule has 186 valence electrons. The predicted octanol–water partition coefficient (Wildman–Crippen LogP) is 4.39. The number of nitrogens with zero attached hydrogens (tertiary/aromatic N) is 3. The molecule has 7 heteroatoms. The Morgan fingerprint density at radius 3 is 2.30 bits per heavy atom. The molecule has 1 N–H and O–H groups in total. The largest absolute Gasteiger partial charge is 0.331 e. The molecule has 7 nitrogen and oxygen atoms in total. The van der Waals surface area contributed by atoms with E-state index < -0.39 is 11.8 Å². The zero-order chi connectivity index (χ0) is 26.3. The number of carbonyl (C=O) groups is 2. The predicted molar refractivity (Wildman–Crippen MR) is 143 cm³/mol. The van der Waals surface area contributed by atoms with Crippen LogP contribution in [-0.4, -0.2) is 21.6 Å². The van der Waals surface area contributed by atoms with Crippen LogP contribution < -0.4 is 15.0 Å². The van der Waals surface area contributed by atoms with Crippen molar-refractivity contribution in [1.82, 2.24) is 9.78 Å². The van der Waals surface area contributed by atoms with Crippen molar-refractivity contribution >= 4 is 28.8 Å². The molecule has 0 saturated carbocycles. The van der Waals surface area contributed by atoms with Crippen LogP contribution in [0.5, 0.6) is 0 Å². The number of para-hydroxylation sites is 1. The van der Waals surface area contributed by atoms with Crippen molar-refractivity contribution in [2.45, 2.75) is 40.0 Å². The number of amides is 2. The van der Waals surface area contributed by atoms with Crippen molar-refractivity contribution in [2.24, 2.45) is 0 Å². The Kier molecular flexibility index (Phi) is 6.21. The smallest absolute Gasteiger partial charge is 0.294 e. The molecule has 2 aromatic carbocycles. The van der Waals surface area contributed by atoms with Crippen molar-refractivity contribution in [3.63, 3.8) is 0 Å². The third-order valence-electron chi connectivity index (χ3n) is 6.61. The van der Waals surface area contributed by atoms with E-state index in [0.29, 0.717) is 17.1 Å². The molecule has 2 aromatic heterocycles. The van der Waals surface area contributed by atoms with Gasteiger partial charge in [0.15, 0.2) is 12.4 Å². The molecule has 3 heterocycles. The van der Waals surface area contributed by atoms with Crippen LogP contribution in [0.2, 0.25) is 0 Å². The maximum atomic E-state index is 14.1. The molecule has 2 amide bonds. The van der Waals surface area contributed by atoms with Crippen LogP contribution in [0.4, 0.5) is 5.69 Å². The van der Waals surface area contributed by atoms with Gasteiger partial charge in [-0.15, -0.1) is 0 Å². The normalized spacial score (nSPS) is 13.8. The number of aryl methyl sites for hydroxylation is 2. The van der Waals surface area contributed by atoms with Gasteiger partial charge in [-0.3, -0.25) is 19.5 Å². The van der Waals surface area contributed by atoms with E-state index >= 15 is 0 Å². The number of anilines is 1. The summed E-state index contributed by atoms with van der Waals surface area (Å²) in [5.41, 5.74) is 3.76. The molecule has 0 unspecified atom stereocenters. The molecule has 0 radical (unpaired) electrons. The fourth-order valence-corrected chi connectivity index (χ4v) is 4.73. The Balaban J connectivity index is 1.82. The van der Waals surface area contributed by atoms with Gasteiger partial charge in [0.1, 0.15) is 5.57 Å². The molecule has 0 atom stereocenters. The number of imide groups is 1. The zero-order valence-corrected chi connectivity index (χ0v) is 21.4. The second-order valence-electron chi connectivity index (χ2n) is 9.51. The molecule has 1 aliphatic rings. The van der Waals surface area contributed by atoms with Gasteiger partial charge < -0.3 is 0 Å². The standard InChI is InChI=1S/C30H28N4O3/c1-5-21-12-10-16-32(18-21)27-25(28(35)33(30(27)37)23-15-9-11-20(4)17-23)24-26(19(2)3)31-34(29(24)36)22-13-7-6-8-14-22/h6-19H,5H2,1-4H3/p+1. The number of aromatic amines is 1. The molecule has 4 aromatic rings. The quantitative estimate of drug-likeness (QED) is 0.320. The lowest BCUT2D eigenvalue weighted by Crippen LogP contribution is -2.40. The molecule has 0 aliphatic carbocycles. The number of pyridine rings is 1. The zero-order valence-electron chi connectivity index (χ0n) is 21.4. The lowest BCUT2D eigenvalue weighted by atomic mass is 9.98. The van der Waals surface area contributed by atoms with E-state index in [4.69, 9.17) is 0 Å². The highest BCUT2D eigenvalue weighted by atomic mass is 16.2. The van der Waals surface area contributed by atoms with Crippen molar-refractivity contribution in [3.05, 3.63) is 112 Å². The average molecular weight is 494 g/mol. The van der Waals surface area contributed by atoms with Crippen LogP contribution in [0.3, 0.4) is 0 Å². The second-order valence-corrected chi connectivity index (χ2v) is 9.51. The van der Waals surface area contributed by atoms with E-state index in [1.807, 2.05) is 88.5 Å². The molecular formula is C30H29N4O3+. The monoisotopic (exact) mass is 493 g/mol. The van der Waals surface area contributed by atoms with Crippen LogP contribution in [0.1, 0.15) is 49.1 Å². The summed E-state index contributed by atoms with van der Waals surface area (Å²) in [6.07, 6.45) is 4.35. The topological polar surface area (TPSA) is 79.1 Å². The molecule has 0 saturated heterocycles. The van der Waals surface area contributed by atoms with Gasteiger partial charge in [0.05, 0.1) is 16.9 Å². The fraction of sp³-hybridized carbons (Fsp3) is 0.200. The van der Waals surface area contributed by atoms with Gasteiger partial charge >= 0.3 is 5.91 Å². The lowest BCUT2D eigenvalue weighted by molar-refractivity contribution is -0.577. The Morgan fingerprint density at radius 1 is 0.892 bits per heavy atom. The number of aromatic nitrogens is 3. The first kappa shape index (κ1) is 24.2. The number of carbonyl (C=O) groups excluding carboxylic acids is 2. The summed E-state index contributed by atoms with van der Waals surface area (Å²) in [4.78, 5) is 43.2. The Morgan fingerprint density at radius 2 is 1.62 bits per heavy atom. The number of benzene rings is 2. The Hall–Kier alpha value is -4.52. The summed E-state index contributed by atoms with van der Waals surface area (Å²) in [5.74, 6) is -1.09. The van der Waals surface area contributed by atoms with E-state index in [0.717, 1.165) is 17.5 Å². The SMILES string of the molecule is CCc1ccc[n+](C2=C(c3c(C(C)C)[nH]n(-c4ccccc4)c3=O)C(=O)N(c3cccc(C)c3)C2=O)c1. The average Bonchev–Trinajstić information content (AvgIpc) is 3.37. The summed E-state index contributed by atoms with van der Waals surface area (Å²) in [6, 6.07) is 20.3. The van der Waals surface area contributed by atoms with Gasteiger partial charge in [-0.2, -0.15) is 4.57 Å². The summed E-state index contributed by atoms with van der Waals surface area (Å²) in [6.45, 7) is 7.84. The van der Waals surface area contributed by atoms with Crippen LogP contribution in [0.25, 0.3) is 17.0 Å². The molecule has 37 heavy (non-hydrogen) atoms. The van der Waals surface area contributed by atoms with Crippen LogP contribution in [0, 0.1) is 6.92 Å². The van der Waals surface area contributed by atoms with Gasteiger partial charge in [-0.05, 0) is 55.2 Å². The van der Waals surface area contributed by atoms with Gasteiger partial charge in [0.2, 0.25) is 0 Å². The Bertz CT molecular complexity index is 1610. The first-order valence-electron chi connectivity index (χ1n) is 12.4. The van der Waals surface area contributed by atoms with E-state index in [1.54, 1.807) is 22.9 Å². The van der Waals surface area contributed by atoms with E-state index in [1.165, 1.54) is 9.58 Å². The molecule has 5 rings (SSSR count). The van der Waals surface area contributed by atoms with E-state index in [-0.39, 0.29) is 28.3 Å². The first-order chi connectivity index (χ1) is 17.8. The number of hydrogen-bond acceptors (Lipinski definition) is 3. The lowest BCUT2D eigenvalue weighted by Gasteiger charge is -2.14. The maximum absolute atomic E-state index is 14.1. The summed E-state index contributed by atoms with van der Waals surface area (Å²) in [7, 11) is 0. The summed E-state index contributed by atoms with van der Waals surface area (Å²) >= 11 is 0. The van der Waals surface area contributed by atoms with Gasteiger partial charge in [-0.25, -0.2) is 9.58 Å². The molecule has 1 aliphatic heterocycles. The van der Waals surface area contributed by atoms with Gasteiger partial charge in [0, 0.05) is 17.3 Å².